The largest absolute Gasteiger partial charge is 0.235 e. The van der Waals surface area contributed by atoms with E-state index in [4.69, 9.17) is 0 Å². The average Bonchev–Trinajstić information content (AvgIpc) is 2.48. The maximum atomic E-state index is 12.5. The van der Waals surface area contributed by atoms with E-state index in [1.807, 2.05) is 37.3 Å². The second-order valence-electron chi connectivity index (χ2n) is 5.46. The van der Waals surface area contributed by atoms with Crippen molar-refractivity contribution in [1.82, 2.24) is 4.31 Å². The van der Waals surface area contributed by atoms with Crippen LogP contribution in [0.2, 0.25) is 0 Å². The molecule has 1 heterocycles. The molecule has 1 aliphatic heterocycles. The van der Waals surface area contributed by atoms with Gasteiger partial charge < -0.3 is 0 Å². The van der Waals surface area contributed by atoms with Crippen molar-refractivity contribution < 1.29 is 13.2 Å². The normalized spacial score (nSPS) is 21.5. The van der Waals surface area contributed by atoms with Gasteiger partial charge in [-0.3, -0.25) is 0 Å². The Morgan fingerprint density at radius 3 is 2.76 bits per heavy atom. The zero-order chi connectivity index (χ0) is 15.3. The van der Waals surface area contributed by atoms with Crippen molar-refractivity contribution in [2.45, 2.75) is 31.7 Å². The van der Waals surface area contributed by atoms with E-state index in [-0.39, 0.29) is 17.7 Å². The van der Waals surface area contributed by atoms with Crippen LogP contribution in [0.1, 0.15) is 31.2 Å². The van der Waals surface area contributed by atoms with Gasteiger partial charge in [0, 0.05) is 13.1 Å². The summed E-state index contributed by atoms with van der Waals surface area (Å²) in [5, 5.41) is 0. The number of hydrogen-bond acceptors (Lipinski definition) is 4. The molecule has 21 heavy (non-hydrogen) atoms. The zero-order valence-corrected chi connectivity index (χ0v) is 12.9. The summed E-state index contributed by atoms with van der Waals surface area (Å²) in [6.07, 6.45) is 3.01. The molecule has 0 aromatic heterocycles. The smallest absolute Gasteiger partial charge is 0.212 e. The first kappa shape index (κ1) is 15.9. The highest BCUT2D eigenvalue weighted by Crippen LogP contribution is 2.22. The van der Waals surface area contributed by atoms with Crippen LogP contribution in [-0.4, -0.2) is 43.7 Å². The lowest BCUT2D eigenvalue weighted by molar-refractivity contribution is 0.316. The van der Waals surface area contributed by atoms with Gasteiger partial charge in [-0.25, -0.2) is 18.2 Å². The van der Waals surface area contributed by atoms with E-state index in [1.54, 1.807) is 0 Å². The van der Waals surface area contributed by atoms with Gasteiger partial charge in [0.05, 0.1) is 11.8 Å². The average molecular weight is 308 g/mol. The molecule has 2 unspecified atom stereocenters. The van der Waals surface area contributed by atoms with E-state index >= 15 is 0 Å². The van der Waals surface area contributed by atoms with Crippen LogP contribution in [0, 0.1) is 0 Å². The van der Waals surface area contributed by atoms with Crippen LogP contribution < -0.4 is 0 Å². The third kappa shape index (κ3) is 4.24. The van der Waals surface area contributed by atoms with Crippen molar-refractivity contribution in [2.24, 2.45) is 4.99 Å². The van der Waals surface area contributed by atoms with Crippen LogP contribution in [0.3, 0.4) is 0 Å². The van der Waals surface area contributed by atoms with Crippen LogP contribution in [-0.2, 0) is 14.8 Å². The molecule has 0 saturated carbocycles. The molecule has 0 spiro atoms. The van der Waals surface area contributed by atoms with Gasteiger partial charge in [0.2, 0.25) is 16.1 Å². The van der Waals surface area contributed by atoms with E-state index in [2.05, 4.69) is 4.99 Å². The molecule has 2 rings (SSSR count). The minimum atomic E-state index is -3.34. The monoisotopic (exact) mass is 308 g/mol. The summed E-state index contributed by atoms with van der Waals surface area (Å²) in [7, 11) is -3.34. The Balaban J connectivity index is 2.06. The molecule has 0 amide bonds. The van der Waals surface area contributed by atoms with Crippen molar-refractivity contribution in [3.05, 3.63) is 35.9 Å². The maximum absolute atomic E-state index is 12.5. The van der Waals surface area contributed by atoms with Crippen molar-refractivity contribution in [3.8, 4) is 0 Å². The predicted molar refractivity (Wildman–Crippen MR) is 81.4 cm³/mol. The first-order chi connectivity index (χ1) is 10.0. The lowest BCUT2D eigenvalue weighted by Gasteiger charge is -2.30. The quantitative estimate of drug-likeness (QED) is 0.616. The minimum Gasteiger partial charge on any atom is -0.212 e. The molecule has 1 fully saturated rings. The first-order valence-corrected chi connectivity index (χ1v) is 8.73. The number of isocyanates is 1. The van der Waals surface area contributed by atoms with Crippen LogP contribution >= 0.6 is 0 Å². The highest BCUT2D eigenvalue weighted by molar-refractivity contribution is 7.89. The highest BCUT2D eigenvalue weighted by Gasteiger charge is 2.30. The second kappa shape index (κ2) is 6.98. The lowest BCUT2D eigenvalue weighted by Crippen LogP contribution is -2.43. The molecule has 114 valence electrons. The first-order valence-electron chi connectivity index (χ1n) is 7.12. The van der Waals surface area contributed by atoms with E-state index in [9.17, 15) is 13.2 Å². The summed E-state index contributed by atoms with van der Waals surface area (Å²) >= 11 is 0. The van der Waals surface area contributed by atoms with Crippen LogP contribution in [0.5, 0.6) is 0 Å². The Labute approximate surface area is 125 Å². The molecule has 6 heteroatoms. The van der Waals surface area contributed by atoms with Crippen LogP contribution in [0.15, 0.2) is 35.3 Å². The van der Waals surface area contributed by atoms with Gasteiger partial charge >= 0.3 is 0 Å². The Hall–Kier alpha value is -1.49. The fourth-order valence-electron chi connectivity index (χ4n) is 2.65. The maximum Gasteiger partial charge on any atom is 0.235 e. The molecular weight excluding hydrogens is 288 g/mol. The van der Waals surface area contributed by atoms with Gasteiger partial charge in [-0.2, -0.15) is 4.31 Å². The number of sulfonamides is 1. The molecule has 5 nitrogen and oxygen atoms in total. The molecule has 0 radical (unpaired) electrons. The molecule has 1 aromatic carbocycles. The number of aliphatic imine (C=N–C) groups is 1. The topological polar surface area (TPSA) is 66.8 Å². The van der Waals surface area contributed by atoms with Gasteiger partial charge in [0.15, 0.2) is 0 Å². The third-order valence-electron chi connectivity index (χ3n) is 3.82. The van der Waals surface area contributed by atoms with Gasteiger partial charge in [-0.05, 0) is 24.3 Å². The molecule has 2 atom stereocenters. The third-order valence-corrected chi connectivity index (χ3v) is 5.86. The highest BCUT2D eigenvalue weighted by atomic mass is 32.2. The van der Waals surface area contributed by atoms with Crippen molar-refractivity contribution >= 4 is 16.1 Å². The fourth-order valence-corrected chi connectivity index (χ4v) is 4.49. The minimum absolute atomic E-state index is 0.0638. The lowest BCUT2D eigenvalue weighted by atomic mass is 10.0. The molecule has 1 aliphatic rings. The van der Waals surface area contributed by atoms with Gasteiger partial charge in [0.25, 0.3) is 0 Å². The number of nitrogens with zero attached hydrogens (tertiary/aromatic N) is 2. The van der Waals surface area contributed by atoms with Gasteiger partial charge in [0.1, 0.15) is 0 Å². The predicted octanol–water partition coefficient (Wildman–Crippen LogP) is 1.92. The summed E-state index contributed by atoms with van der Waals surface area (Å²) in [5.74, 6) is 0.0142. The van der Waals surface area contributed by atoms with E-state index in [1.165, 1.54) is 10.4 Å². The van der Waals surface area contributed by atoms with Gasteiger partial charge in [-0.15, -0.1) is 0 Å². The van der Waals surface area contributed by atoms with E-state index in [0.29, 0.717) is 13.1 Å². The molecule has 0 N–H and O–H groups in total. The SMILES string of the molecule is CC(CS(=O)(=O)N1CCCC(N=C=O)C1)c1ccccc1. The Morgan fingerprint density at radius 1 is 1.38 bits per heavy atom. The number of hydrogen-bond donors (Lipinski definition) is 0. The van der Waals surface area contributed by atoms with Crippen LogP contribution in [0.4, 0.5) is 0 Å². The van der Waals surface area contributed by atoms with Gasteiger partial charge in [-0.1, -0.05) is 37.3 Å². The standard InChI is InChI=1S/C15H20N2O3S/c1-13(14-6-3-2-4-7-14)11-21(19,20)17-9-5-8-15(10-17)16-12-18/h2-4,6-7,13,15H,5,8-11H2,1H3. The Bertz CT molecular complexity index is 609. The summed E-state index contributed by atoms with van der Waals surface area (Å²) in [6, 6.07) is 9.36. The number of benzene rings is 1. The molecule has 1 aromatic rings. The summed E-state index contributed by atoms with van der Waals surface area (Å²) in [6.45, 7) is 2.71. The van der Waals surface area contributed by atoms with Crippen molar-refractivity contribution in [2.75, 3.05) is 18.8 Å². The molecule has 0 aliphatic carbocycles. The Morgan fingerprint density at radius 2 is 2.10 bits per heavy atom. The zero-order valence-electron chi connectivity index (χ0n) is 12.1. The summed E-state index contributed by atoms with van der Waals surface area (Å²) < 4.78 is 26.5. The van der Waals surface area contributed by atoms with E-state index in [0.717, 1.165) is 18.4 Å². The summed E-state index contributed by atoms with van der Waals surface area (Å²) in [5.41, 5.74) is 1.01. The Kier molecular flexibility index (Phi) is 5.28. The van der Waals surface area contributed by atoms with Crippen LogP contribution in [0.25, 0.3) is 0 Å². The molecule has 0 bridgehead atoms. The van der Waals surface area contributed by atoms with Crippen molar-refractivity contribution in [1.29, 1.82) is 0 Å². The number of piperidine rings is 1. The van der Waals surface area contributed by atoms with Crippen molar-refractivity contribution in [3.63, 3.8) is 0 Å². The van der Waals surface area contributed by atoms with E-state index < -0.39 is 10.0 Å². The number of rotatable bonds is 5. The fraction of sp³-hybridized carbons (Fsp3) is 0.533. The summed E-state index contributed by atoms with van der Waals surface area (Å²) in [4.78, 5) is 14.0. The molecule has 1 saturated heterocycles. The number of carbonyl (C=O) groups excluding carboxylic acids is 1. The second-order valence-corrected chi connectivity index (χ2v) is 7.48. The molecular formula is C15H20N2O3S.